The quantitative estimate of drug-likeness (QED) is 0.824. The van der Waals surface area contributed by atoms with Crippen molar-refractivity contribution in [2.45, 2.75) is 23.2 Å². The predicted octanol–water partition coefficient (Wildman–Crippen LogP) is 3.55. The van der Waals surface area contributed by atoms with E-state index >= 15 is 0 Å². The summed E-state index contributed by atoms with van der Waals surface area (Å²) in [5.74, 6) is 2.37. The van der Waals surface area contributed by atoms with E-state index in [1.165, 1.54) is 11.1 Å². The standard InChI is InChI=1S/C20H23NO3S/c1-21-11-9-20(10-12-21)15-8-7-14(25(3)22)13-18(15)24-19-16(20)5-4-6-17(19)23-2/h4-8,13H,9-12H2,1-3H3. The molecule has 4 rings (SSSR count). The van der Waals surface area contributed by atoms with Crippen molar-refractivity contribution in [3.05, 3.63) is 47.5 Å². The molecule has 1 spiro atoms. The molecular weight excluding hydrogens is 334 g/mol. The first kappa shape index (κ1) is 16.6. The Bertz CT molecular complexity index is 841. The minimum absolute atomic E-state index is 0.0717. The van der Waals surface area contributed by atoms with Crippen LogP contribution in [0.5, 0.6) is 17.2 Å². The maximum Gasteiger partial charge on any atom is 0.173 e. The lowest BCUT2D eigenvalue weighted by Crippen LogP contribution is -2.43. The van der Waals surface area contributed by atoms with Crippen molar-refractivity contribution in [2.24, 2.45) is 0 Å². The van der Waals surface area contributed by atoms with Crippen molar-refractivity contribution >= 4 is 10.8 Å². The molecule has 2 aromatic rings. The number of piperidine rings is 1. The van der Waals surface area contributed by atoms with Crippen molar-refractivity contribution in [3.8, 4) is 17.2 Å². The van der Waals surface area contributed by atoms with Gasteiger partial charge in [-0.05, 0) is 51.2 Å². The van der Waals surface area contributed by atoms with Crippen LogP contribution in [0.4, 0.5) is 0 Å². The molecule has 0 saturated carbocycles. The lowest BCUT2D eigenvalue weighted by atomic mass is 9.66. The third-order valence-electron chi connectivity index (χ3n) is 5.57. The van der Waals surface area contributed by atoms with Gasteiger partial charge in [-0.1, -0.05) is 18.2 Å². The largest absolute Gasteiger partial charge is 0.493 e. The predicted molar refractivity (Wildman–Crippen MR) is 99.4 cm³/mol. The number of methoxy groups -OCH3 is 1. The highest BCUT2D eigenvalue weighted by Crippen LogP contribution is 2.55. The second kappa shape index (κ2) is 6.15. The molecule has 25 heavy (non-hydrogen) atoms. The number of ether oxygens (including phenoxy) is 2. The van der Waals surface area contributed by atoms with E-state index in [9.17, 15) is 4.21 Å². The molecule has 0 aromatic heterocycles. The average molecular weight is 357 g/mol. The Morgan fingerprint density at radius 2 is 1.92 bits per heavy atom. The van der Waals surface area contributed by atoms with Crippen molar-refractivity contribution in [2.75, 3.05) is 33.5 Å². The van der Waals surface area contributed by atoms with Gasteiger partial charge in [0, 0.05) is 38.5 Å². The van der Waals surface area contributed by atoms with E-state index in [1.807, 2.05) is 24.3 Å². The Labute approximate surface area is 151 Å². The second-order valence-electron chi connectivity index (χ2n) is 6.94. The lowest BCUT2D eigenvalue weighted by Gasteiger charge is -2.45. The number of fused-ring (bicyclic) bond motifs is 4. The fraction of sp³-hybridized carbons (Fsp3) is 0.400. The van der Waals surface area contributed by atoms with E-state index in [0.29, 0.717) is 0 Å². The number of likely N-dealkylation sites (tertiary alicyclic amines) is 1. The topological polar surface area (TPSA) is 38.8 Å². The third-order valence-corrected chi connectivity index (χ3v) is 6.49. The first-order valence-corrected chi connectivity index (χ1v) is 10.1. The summed E-state index contributed by atoms with van der Waals surface area (Å²) in [6.45, 7) is 2.08. The molecule has 5 heteroatoms. The molecule has 1 saturated heterocycles. The molecule has 4 nitrogen and oxygen atoms in total. The van der Waals surface area contributed by atoms with E-state index in [-0.39, 0.29) is 5.41 Å². The van der Waals surface area contributed by atoms with Crippen molar-refractivity contribution in [3.63, 3.8) is 0 Å². The first-order valence-electron chi connectivity index (χ1n) is 8.57. The summed E-state index contributed by atoms with van der Waals surface area (Å²) in [5, 5.41) is 0. The van der Waals surface area contributed by atoms with Gasteiger partial charge in [-0.3, -0.25) is 4.21 Å². The molecule has 0 N–H and O–H groups in total. The molecule has 1 atom stereocenters. The van der Waals surface area contributed by atoms with E-state index in [0.717, 1.165) is 48.1 Å². The molecule has 2 aromatic carbocycles. The average Bonchev–Trinajstić information content (AvgIpc) is 2.63. The van der Waals surface area contributed by atoms with Crippen LogP contribution in [-0.2, 0) is 16.2 Å². The van der Waals surface area contributed by atoms with E-state index < -0.39 is 10.8 Å². The number of rotatable bonds is 2. The zero-order valence-electron chi connectivity index (χ0n) is 14.9. The molecule has 1 unspecified atom stereocenters. The highest BCUT2D eigenvalue weighted by molar-refractivity contribution is 7.84. The smallest absolute Gasteiger partial charge is 0.173 e. The van der Waals surface area contributed by atoms with E-state index in [4.69, 9.17) is 9.47 Å². The molecule has 2 aliphatic rings. The fourth-order valence-corrected chi connectivity index (χ4v) is 4.65. The zero-order valence-corrected chi connectivity index (χ0v) is 15.7. The summed E-state index contributed by atoms with van der Waals surface area (Å²) >= 11 is 0. The number of para-hydroxylation sites is 1. The van der Waals surface area contributed by atoms with Gasteiger partial charge in [0.2, 0.25) is 0 Å². The maximum absolute atomic E-state index is 11.9. The van der Waals surface area contributed by atoms with Crippen LogP contribution in [0.3, 0.4) is 0 Å². The van der Waals surface area contributed by atoms with Crippen LogP contribution in [0, 0.1) is 0 Å². The van der Waals surface area contributed by atoms with Gasteiger partial charge >= 0.3 is 0 Å². The minimum atomic E-state index is -1.03. The van der Waals surface area contributed by atoms with Gasteiger partial charge in [0.05, 0.1) is 7.11 Å². The van der Waals surface area contributed by atoms with Crippen molar-refractivity contribution in [1.29, 1.82) is 0 Å². The van der Waals surface area contributed by atoms with Crippen LogP contribution in [0.25, 0.3) is 0 Å². The van der Waals surface area contributed by atoms with Crippen LogP contribution < -0.4 is 9.47 Å². The molecule has 1 fully saturated rings. The monoisotopic (exact) mass is 357 g/mol. The summed E-state index contributed by atoms with van der Waals surface area (Å²) in [5.41, 5.74) is 2.34. The van der Waals surface area contributed by atoms with Gasteiger partial charge < -0.3 is 14.4 Å². The molecule has 132 valence electrons. The van der Waals surface area contributed by atoms with Gasteiger partial charge in [-0.25, -0.2) is 0 Å². The van der Waals surface area contributed by atoms with Crippen LogP contribution in [-0.4, -0.2) is 42.6 Å². The van der Waals surface area contributed by atoms with Gasteiger partial charge in [0.1, 0.15) is 5.75 Å². The number of hydrogen-bond acceptors (Lipinski definition) is 4. The van der Waals surface area contributed by atoms with Crippen LogP contribution in [0.2, 0.25) is 0 Å². The number of hydrogen-bond donors (Lipinski definition) is 0. The summed E-state index contributed by atoms with van der Waals surface area (Å²) in [4.78, 5) is 3.16. The molecule has 2 aliphatic heterocycles. The molecule has 0 bridgehead atoms. The molecule has 0 radical (unpaired) electrons. The lowest BCUT2D eigenvalue weighted by molar-refractivity contribution is 0.200. The van der Waals surface area contributed by atoms with Crippen LogP contribution in [0.15, 0.2) is 41.3 Å². The Morgan fingerprint density at radius 1 is 1.16 bits per heavy atom. The Hall–Kier alpha value is -1.85. The minimum Gasteiger partial charge on any atom is -0.493 e. The molecule has 0 aliphatic carbocycles. The zero-order chi connectivity index (χ0) is 17.6. The van der Waals surface area contributed by atoms with Crippen LogP contribution >= 0.6 is 0 Å². The Balaban J connectivity index is 1.94. The molecule has 0 amide bonds. The SMILES string of the molecule is COc1cccc2c1Oc1cc(S(C)=O)ccc1C21CCN(C)CC1. The normalized spacial score (nSPS) is 19.6. The third kappa shape index (κ3) is 2.57. The van der Waals surface area contributed by atoms with E-state index in [2.05, 4.69) is 24.1 Å². The van der Waals surface area contributed by atoms with E-state index in [1.54, 1.807) is 13.4 Å². The first-order chi connectivity index (χ1) is 12.0. The van der Waals surface area contributed by atoms with Gasteiger partial charge in [-0.2, -0.15) is 0 Å². The van der Waals surface area contributed by atoms with Crippen molar-refractivity contribution in [1.82, 2.24) is 4.90 Å². The maximum atomic E-state index is 11.9. The van der Waals surface area contributed by atoms with Crippen molar-refractivity contribution < 1.29 is 13.7 Å². The molecule has 2 heterocycles. The summed E-state index contributed by atoms with van der Waals surface area (Å²) in [6, 6.07) is 12.2. The highest BCUT2D eigenvalue weighted by Gasteiger charge is 2.44. The summed E-state index contributed by atoms with van der Waals surface area (Å²) in [6.07, 6.45) is 3.77. The number of nitrogens with zero attached hydrogens (tertiary/aromatic N) is 1. The van der Waals surface area contributed by atoms with Gasteiger partial charge in [0.15, 0.2) is 11.5 Å². The Kier molecular flexibility index (Phi) is 4.08. The second-order valence-corrected chi connectivity index (χ2v) is 8.32. The summed E-state index contributed by atoms with van der Waals surface area (Å²) in [7, 11) is 2.81. The molecular formula is C20H23NO3S. The fourth-order valence-electron chi connectivity index (χ4n) is 4.11. The Morgan fingerprint density at radius 3 is 2.60 bits per heavy atom. The van der Waals surface area contributed by atoms with Gasteiger partial charge in [0.25, 0.3) is 0 Å². The summed E-state index contributed by atoms with van der Waals surface area (Å²) < 4.78 is 23.8. The van der Waals surface area contributed by atoms with Gasteiger partial charge in [-0.15, -0.1) is 0 Å². The van der Waals surface area contributed by atoms with Crippen LogP contribution in [0.1, 0.15) is 24.0 Å². The number of benzene rings is 2. The highest BCUT2D eigenvalue weighted by atomic mass is 32.2.